The Labute approximate surface area is 122 Å². The van der Waals surface area contributed by atoms with E-state index in [1.807, 2.05) is 4.90 Å². The van der Waals surface area contributed by atoms with Crippen molar-refractivity contribution in [2.45, 2.75) is 31.7 Å². The van der Waals surface area contributed by atoms with E-state index in [0.717, 1.165) is 25.7 Å². The standard InChI is InChI=1S/C14H19N3O4/c15-14(19)10-5-6-12(13(9-10)17(20)21)16(7-8-18)11-3-1-2-4-11/h5-6,9,11,18H,1-4,7-8H2,(H2,15,19). The summed E-state index contributed by atoms with van der Waals surface area (Å²) in [5, 5.41) is 20.5. The summed E-state index contributed by atoms with van der Waals surface area (Å²) in [6, 6.07) is 4.43. The lowest BCUT2D eigenvalue weighted by Gasteiger charge is -2.30. The molecule has 1 aliphatic carbocycles. The van der Waals surface area contributed by atoms with Crippen molar-refractivity contribution in [2.24, 2.45) is 5.73 Å². The highest BCUT2D eigenvalue weighted by Crippen LogP contribution is 2.34. The van der Waals surface area contributed by atoms with Gasteiger partial charge >= 0.3 is 0 Å². The Bertz CT molecular complexity index is 541. The number of nitro benzene ring substituents is 1. The molecule has 7 nitrogen and oxygen atoms in total. The zero-order valence-electron chi connectivity index (χ0n) is 11.7. The number of carbonyl (C=O) groups excluding carboxylic acids is 1. The lowest BCUT2D eigenvalue weighted by Crippen LogP contribution is -2.36. The molecule has 1 aromatic carbocycles. The summed E-state index contributed by atoms with van der Waals surface area (Å²) in [6.07, 6.45) is 4.07. The minimum absolute atomic E-state index is 0.0781. The van der Waals surface area contributed by atoms with E-state index < -0.39 is 10.8 Å². The van der Waals surface area contributed by atoms with Crippen LogP contribution in [0.25, 0.3) is 0 Å². The van der Waals surface area contributed by atoms with E-state index in [-0.39, 0.29) is 23.9 Å². The van der Waals surface area contributed by atoms with E-state index in [1.54, 1.807) is 6.07 Å². The minimum atomic E-state index is -0.695. The highest BCUT2D eigenvalue weighted by Gasteiger charge is 2.28. The normalized spacial score (nSPS) is 15.1. The molecule has 0 radical (unpaired) electrons. The fourth-order valence-corrected chi connectivity index (χ4v) is 2.89. The largest absolute Gasteiger partial charge is 0.395 e. The SMILES string of the molecule is NC(=O)c1ccc(N(CCO)C2CCCC2)c([N+](=O)[O-])c1. The number of carbonyl (C=O) groups is 1. The number of amides is 1. The van der Waals surface area contributed by atoms with Crippen LogP contribution in [0.1, 0.15) is 36.0 Å². The van der Waals surface area contributed by atoms with E-state index in [9.17, 15) is 20.0 Å². The van der Waals surface area contributed by atoms with Crippen molar-refractivity contribution in [2.75, 3.05) is 18.1 Å². The van der Waals surface area contributed by atoms with Gasteiger partial charge in [-0.1, -0.05) is 12.8 Å². The van der Waals surface area contributed by atoms with Gasteiger partial charge in [0.1, 0.15) is 5.69 Å². The predicted molar refractivity (Wildman–Crippen MR) is 78.3 cm³/mol. The molecule has 0 aliphatic heterocycles. The zero-order valence-corrected chi connectivity index (χ0v) is 11.7. The van der Waals surface area contributed by atoms with Crippen molar-refractivity contribution in [1.29, 1.82) is 0 Å². The first-order valence-corrected chi connectivity index (χ1v) is 7.00. The average molecular weight is 293 g/mol. The maximum absolute atomic E-state index is 11.3. The Morgan fingerprint density at radius 2 is 2.10 bits per heavy atom. The molecular formula is C14H19N3O4. The number of nitrogens with zero attached hydrogens (tertiary/aromatic N) is 2. The summed E-state index contributed by atoms with van der Waals surface area (Å²) in [6.45, 7) is 0.257. The first-order chi connectivity index (χ1) is 10.0. The lowest BCUT2D eigenvalue weighted by molar-refractivity contribution is -0.384. The zero-order chi connectivity index (χ0) is 15.4. The number of aliphatic hydroxyl groups excluding tert-OH is 1. The molecule has 0 unspecified atom stereocenters. The van der Waals surface area contributed by atoms with Crippen LogP contribution in [0.5, 0.6) is 0 Å². The summed E-state index contributed by atoms with van der Waals surface area (Å²) in [5.74, 6) is -0.695. The van der Waals surface area contributed by atoms with Gasteiger partial charge in [-0.15, -0.1) is 0 Å². The number of primary amides is 1. The molecule has 7 heteroatoms. The second kappa shape index (κ2) is 6.53. The molecule has 0 atom stereocenters. The number of benzene rings is 1. The minimum Gasteiger partial charge on any atom is -0.395 e. The van der Waals surface area contributed by atoms with Crippen LogP contribution in [0.4, 0.5) is 11.4 Å². The first-order valence-electron chi connectivity index (χ1n) is 7.00. The van der Waals surface area contributed by atoms with Crippen LogP contribution < -0.4 is 10.6 Å². The molecule has 21 heavy (non-hydrogen) atoms. The van der Waals surface area contributed by atoms with Crippen molar-refractivity contribution in [3.63, 3.8) is 0 Å². The van der Waals surface area contributed by atoms with Crippen molar-refractivity contribution >= 4 is 17.3 Å². The fourth-order valence-electron chi connectivity index (χ4n) is 2.89. The third-order valence-corrected chi connectivity index (χ3v) is 3.87. The molecule has 0 bridgehead atoms. The molecule has 1 fully saturated rings. The highest BCUT2D eigenvalue weighted by atomic mass is 16.6. The summed E-state index contributed by atoms with van der Waals surface area (Å²) in [7, 11) is 0. The monoisotopic (exact) mass is 293 g/mol. The highest BCUT2D eigenvalue weighted by molar-refractivity contribution is 5.94. The fraction of sp³-hybridized carbons (Fsp3) is 0.500. The van der Waals surface area contributed by atoms with Crippen molar-refractivity contribution in [3.05, 3.63) is 33.9 Å². The molecule has 2 rings (SSSR count). The maximum Gasteiger partial charge on any atom is 0.293 e. The number of nitro groups is 1. The number of hydrogen-bond donors (Lipinski definition) is 2. The van der Waals surface area contributed by atoms with Gasteiger partial charge in [-0.05, 0) is 25.0 Å². The Kier molecular flexibility index (Phi) is 4.74. The molecular weight excluding hydrogens is 274 g/mol. The molecule has 1 aromatic rings. The second-order valence-corrected chi connectivity index (χ2v) is 5.18. The first kappa shape index (κ1) is 15.2. The van der Waals surface area contributed by atoms with E-state index >= 15 is 0 Å². The van der Waals surface area contributed by atoms with Crippen LogP contribution in [0.2, 0.25) is 0 Å². The third kappa shape index (κ3) is 3.30. The van der Waals surface area contributed by atoms with Gasteiger partial charge in [0.05, 0.1) is 11.5 Å². The molecule has 3 N–H and O–H groups in total. The number of rotatable bonds is 6. The number of anilines is 1. The van der Waals surface area contributed by atoms with Crippen molar-refractivity contribution in [1.82, 2.24) is 0 Å². The molecule has 0 saturated heterocycles. The Morgan fingerprint density at radius 3 is 2.62 bits per heavy atom. The molecule has 1 saturated carbocycles. The Morgan fingerprint density at radius 1 is 1.43 bits per heavy atom. The van der Waals surface area contributed by atoms with Crippen LogP contribution in [0.3, 0.4) is 0 Å². The summed E-state index contributed by atoms with van der Waals surface area (Å²) < 4.78 is 0. The van der Waals surface area contributed by atoms with Crippen LogP contribution in [-0.4, -0.2) is 35.1 Å². The van der Waals surface area contributed by atoms with E-state index in [1.165, 1.54) is 12.1 Å². The average Bonchev–Trinajstić information content (AvgIpc) is 2.98. The molecule has 0 spiro atoms. The molecule has 1 aliphatic rings. The van der Waals surface area contributed by atoms with E-state index in [2.05, 4.69) is 0 Å². The topological polar surface area (TPSA) is 110 Å². The van der Waals surface area contributed by atoms with Crippen LogP contribution in [0.15, 0.2) is 18.2 Å². The van der Waals surface area contributed by atoms with Gasteiger partial charge in [0.2, 0.25) is 5.91 Å². The van der Waals surface area contributed by atoms with Gasteiger partial charge in [-0.25, -0.2) is 0 Å². The summed E-state index contributed by atoms with van der Waals surface area (Å²) >= 11 is 0. The van der Waals surface area contributed by atoms with Crippen molar-refractivity contribution in [3.8, 4) is 0 Å². The van der Waals surface area contributed by atoms with Crippen LogP contribution >= 0.6 is 0 Å². The number of aliphatic hydroxyl groups is 1. The smallest absolute Gasteiger partial charge is 0.293 e. The van der Waals surface area contributed by atoms with Crippen LogP contribution in [0, 0.1) is 10.1 Å². The van der Waals surface area contributed by atoms with Crippen LogP contribution in [-0.2, 0) is 0 Å². The maximum atomic E-state index is 11.3. The van der Waals surface area contributed by atoms with Gasteiger partial charge in [0.15, 0.2) is 0 Å². The predicted octanol–water partition coefficient (Wildman–Crippen LogP) is 1.43. The van der Waals surface area contributed by atoms with Gasteiger partial charge < -0.3 is 15.7 Å². The van der Waals surface area contributed by atoms with Gasteiger partial charge in [0.25, 0.3) is 5.69 Å². The van der Waals surface area contributed by atoms with E-state index in [4.69, 9.17) is 5.73 Å². The number of nitrogens with two attached hydrogens (primary N) is 1. The second-order valence-electron chi connectivity index (χ2n) is 5.18. The summed E-state index contributed by atoms with van der Waals surface area (Å²) in [5.41, 5.74) is 5.58. The Hall–Kier alpha value is -2.15. The molecule has 0 aromatic heterocycles. The van der Waals surface area contributed by atoms with Gasteiger partial charge in [-0.3, -0.25) is 14.9 Å². The quantitative estimate of drug-likeness (QED) is 0.609. The molecule has 0 heterocycles. The van der Waals surface area contributed by atoms with Gasteiger partial charge in [-0.2, -0.15) is 0 Å². The third-order valence-electron chi connectivity index (χ3n) is 3.87. The van der Waals surface area contributed by atoms with Gasteiger partial charge in [0, 0.05) is 24.2 Å². The van der Waals surface area contributed by atoms with E-state index in [0.29, 0.717) is 12.2 Å². The Balaban J connectivity index is 2.43. The number of hydrogen-bond acceptors (Lipinski definition) is 5. The molecule has 1 amide bonds. The molecule has 114 valence electrons. The lowest BCUT2D eigenvalue weighted by atomic mass is 10.1. The summed E-state index contributed by atoms with van der Waals surface area (Å²) in [4.78, 5) is 23.8. The van der Waals surface area contributed by atoms with Crippen molar-refractivity contribution < 1.29 is 14.8 Å².